The Hall–Kier alpha value is -2.64. The molecule has 1 N–H and O–H groups in total. The number of aliphatic hydroxyl groups is 1. The Labute approximate surface area is 152 Å². The molecule has 7 heteroatoms. The number of aliphatic hydroxyl groups excluding tert-OH is 1. The first kappa shape index (κ1) is 16.8. The molecule has 26 heavy (non-hydrogen) atoms. The molecule has 7 nitrogen and oxygen atoms in total. The fourth-order valence-corrected chi connectivity index (χ4v) is 3.46. The third kappa shape index (κ3) is 3.11. The summed E-state index contributed by atoms with van der Waals surface area (Å²) in [6, 6.07) is 10.1. The van der Waals surface area contributed by atoms with E-state index in [2.05, 4.69) is 21.0 Å². The van der Waals surface area contributed by atoms with E-state index in [1.807, 2.05) is 46.8 Å². The Morgan fingerprint density at radius 1 is 1.27 bits per heavy atom. The fraction of sp³-hybridized carbons (Fsp3) is 0.368. The molecule has 3 aromatic rings. The van der Waals surface area contributed by atoms with E-state index >= 15 is 0 Å². The van der Waals surface area contributed by atoms with Crippen LogP contribution in [-0.4, -0.2) is 43.0 Å². The van der Waals surface area contributed by atoms with Crippen molar-refractivity contribution in [3.63, 3.8) is 0 Å². The van der Waals surface area contributed by atoms with Gasteiger partial charge in [-0.3, -0.25) is 9.58 Å². The summed E-state index contributed by atoms with van der Waals surface area (Å²) in [7, 11) is 3.58. The van der Waals surface area contributed by atoms with Crippen LogP contribution in [0.15, 0.2) is 42.7 Å². The second-order valence-corrected chi connectivity index (χ2v) is 6.61. The van der Waals surface area contributed by atoms with Gasteiger partial charge < -0.3 is 14.4 Å². The zero-order chi connectivity index (χ0) is 18.1. The monoisotopic (exact) mass is 353 g/mol. The van der Waals surface area contributed by atoms with E-state index in [0.29, 0.717) is 11.5 Å². The van der Waals surface area contributed by atoms with Gasteiger partial charge >= 0.3 is 0 Å². The minimum Gasteiger partial charge on any atom is -0.496 e. The first-order valence-electron chi connectivity index (χ1n) is 8.72. The maximum atomic E-state index is 10.6. The summed E-state index contributed by atoms with van der Waals surface area (Å²) in [5, 5.41) is 15.2. The maximum Gasteiger partial charge on any atom is 0.155 e. The van der Waals surface area contributed by atoms with Gasteiger partial charge in [-0.2, -0.15) is 5.10 Å². The molecule has 136 valence electrons. The van der Waals surface area contributed by atoms with Crippen LogP contribution in [0.25, 0.3) is 0 Å². The van der Waals surface area contributed by atoms with Crippen LogP contribution in [0.4, 0.5) is 0 Å². The number of imidazole rings is 1. The van der Waals surface area contributed by atoms with Gasteiger partial charge in [-0.25, -0.2) is 4.98 Å². The zero-order valence-corrected chi connectivity index (χ0v) is 15.0. The molecule has 0 spiro atoms. The predicted molar refractivity (Wildman–Crippen MR) is 96.6 cm³/mol. The summed E-state index contributed by atoms with van der Waals surface area (Å²) in [6.45, 7) is 3.33. The van der Waals surface area contributed by atoms with Gasteiger partial charge in [0.15, 0.2) is 6.10 Å². The first-order valence-corrected chi connectivity index (χ1v) is 8.72. The average Bonchev–Trinajstić information content (AvgIpc) is 3.27. The third-order valence-electron chi connectivity index (χ3n) is 4.87. The number of methoxy groups -OCH3 is 1. The van der Waals surface area contributed by atoms with Crippen LogP contribution in [0.5, 0.6) is 5.75 Å². The number of hydrogen-bond acceptors (Lipinski definition) is 5. The summed E-state index contributed by atoms with van der Waals surface area (Å²) in [4.78, 5) is 6.59. The van der Waals surface area contributed by atoms with Gasteiger partial charge in [0, 0.05) is 44.6 Å². The average molecular weight is 353 g/mol. The number of rotatable bonds is 5. The zero-order valence-electron chi connectivity index (χ0n) is 15.0. The lowest BCUT2D eigenvalue weighted by Gasteiger charge is -2.28. The predicted octanol–water partition coefficient (Wildman–Crippen LogP) is 1.72. The number of aryl methyl sites for hydroxylation is 1. The highest BCUT2D eigenvalue weighted by Gasteiger charge is 2.24. The SMILES string of the molecule is COc1ccccc1CN1CCn2nc([C@@H](O)c3nccn3C)cc2C1. The number of fused-ring (bicyclic) bond motifs is 1. The van der Waals surface area contributed by atoms with Gasteiger partial charge in [0.2, 0.25) is 0 Å². The molecule has 1 atom stereocenters. The van der Waals surface area contributed by atoms with Crippen molar-refractivity contribution in [3.05, 3.63) is 65.5 Å². The molecule has 1 aliphatic rings. The van der Waals surface area contributed by atoms with Gasteiger partial charge in [0.25, 0.3) is 0 Å². The van der Waals surface area contributed by atoms with Gasteiger partial charge in [0.1, 0.15) is 11.6 Å². The smallest absolute Gasteiger partial charge is 0.155 e. The molecule has 4 rings (SSSR count). The van der Waals surface area contributed by atoms with Gasteiger partial charge in [-0.05, 0) is 12.1 Å². The molecule has 1 aliphatic heterocycles. The van der Waals surface area contributed by atoms with Gasteiger partial charge in [0.05, 0.1) is 25.0 Å². The minimum absolute atomic E-state index is 0.603. The minimum atomic E-state index is -0.809. The van der Waals surface area contributed by atoms with Crippen LogP contribution in [0.2, 0.25) is 0 Å². The van der Waals surface area contributed by atoms with E-state index in [4.69, 9.17) is 4.74 Å². The van der Waals surface area contributed by atoms with E-state index in [1.165, 1.54) is 5.56 Å². The summed E-state index contributed by atoms with van der Waals surface area (Å²) >= 11 is 0. The van der Waals surface area contributed by atoms with Crippen LogP contribution in [0.3, 0.4) is 0 Å². The van der Waals surface area contributed by atoms with Gasteiger partial charge in [-0.15, -0.1) is 0 Å². The second-order valence-electron chi connectivity index (χ2n) is 6.61. The summed E-state index contributed by atoms with van der Waals surface area (Å²) in [6.07, 6.45) is 2.70. The van der Waals surface area contributed by atoms with E-state index < -0.39 is 6.10 Å². The van der Waals surface area contributed by atoms with E-state index in [1.54, 1.807) is 13.3 Å². The molecular formula is C19H23N5O2. The highest BCUT2D eigenvalue weighted by molar-refractivity contribution is 5.33. The third-order valence-corrected chi connectivity index (χ3v) is 4.87. The molecule has 0 radical (unpaired) electrons. The Morgan fingerprint density at radius 3 is 2.88 bits per heavy atom. The molecule has 1 aromatic carbocycles. The quantitative estimate of drug-likeness (QED) is 0.756. The van der Waals surface area contributed by atoms with E-state index in [0.717, 1.165) is 37.6 Å². The lowest BCUT2D eigenvalue weighted by atomic mass is 10.1. The number of para-hydroxylation sites is 1. The van der Waals surface area contributed by atoms with Crippen LogP contribution < -0.4 is 4.74 Å². The van der Waals surface area contributed by atoms with E-state index in [9.17, 15) is 5.11 Å². The number of hydrogen-bond donors (Lipinski definition) is 1. The second kappa shape index (κ2) is 6.93. The summed E-state index contributed by atoms with van der Waals surface area (Å²) in [5.74, 6) is 1.52. The molecule has 3 heterocycles. The molecular weight excluding hydrogens is 330 g/mol. The van der Waals surface area contributed by atoms with Crippen molar-refractivity contribution in [3.8, 4) is 5.75 Å². The molecule has 0 saturated carbocycles. The lowest BCUT2D eigenvalue weighted by molar-refractivity contribution is 0.193. The van der Waals surface area contributed by atoms with Crippen LogP contribution in [0, 0.1) is 0 Å². The molecule has 0 unspecified atom stereocenters. The fourth-order valence-electron chi connectivity index (χ4n) is 3.46. The van der Waals surface area contributed by atoms with Crippen LogP contribution >= 0.6 is 0 Å². The molecule has 0 aliphatic carbocycles. The standard InChI is InChI=1S/C19H23N5O2/c1-22-8-7-20-19(22)18(25)16-11-15-13-23(9-10-24(15)21-16)12-14-5-3-4-6-17(14)26-2/h3-8,11,18,25H,9-10,12-13H2,1-2H3/t18-/m1/s1. The molecule has 0 amide bonds. The largest absolute Gasteiger partial charge is 0.496 e. The Morgan fingerprint density at radius 2 is 2.12 bits per heavy atom. The van der Waals surface area contributed by atoms with Gasteiger partial charge in [-0.1, -0.05) is 18.2 Å². The van der Waals surface area contributed by atoms with Crippen molar-refractivity contribution in [2.24, 2.45) is 7.05 Å². The Balaban J connectivity index is 1.51. The summed E-state index contributed by atoms with van der Waals surface area (Å²) < 4.78 is 9.26. The van der Waals surface area contributed by atoms with Crippen molar-refractivity contribution in [1.29, 1.82) is 0 Å². The first-order chi connectivity index (χ1) is 12.7. The normalized spacial score (nSPS) is 15.7. The van der Waals surface area contributed by atoms with Crippen molar-refractivity contribution < 1.29 is 9.84 Å². The maximum absolute atomic E-state index is 10.6. The topological polar surface area (TPSA) is 68.3 Å². The summed E-state index contributed by atoms with van der Waals surface area (Å²) in [5.41, 5.74) is 2.93. The Bertz CT molecular complexity index is 901. The number of aromatic nitrogens is 4. The van der Waals surface area contributed by atoms with Crippen molar-refractivity contribution >= 4 is 0 Å². The highest BCUT2D eigenvalue weighted by atomic mass is 16.5. The van der Waals surface area contributed by atoms with Crippen molar-refractivity contribution in [1.82, 2.24) is 24.2 Å². The van der Waals surface area contributed by atoms with Crippen molar-refractivity contribution in [2.45, 2.75) is 25.7 Å². The molecule has 2 aromatic heterocycles. The highest BCUT2D eigenvalue weighted by Crippen LogP contribution is 2.25. The molecule has 0 fully saturated rings. The molecule has 0 bridgehead atoms. The van der Waals surface area contributed by atoms with Crippen LogP contribution in [-0.2, 0) is 26.7 Å². The number of ether oxygens (including phenoxy) is 1. The number of nitrogens with zero attached hydrogens (tertiary/aromatic N) is 5. The van der Waals surface area contributed by atoms with Crippen LogP contribution in [0.1, 0.15) is 28.9 Å². The lowest BCUT2D eigenvalue weighted by Crippen LogP contribution is -2.33. The number of benzene rings is 1. The molecule has 0 saturated heterocycles. The Kier molecular flexibility index (Phi) is 4.48. The van der Waals surface area contributed by atoms with E-state index in [-0.39, 0.29) is 0 Å². The van der Waals surface area contributed by atoms with Crippen molar-refractivity contribution in [2.75, 3.05) is 13.7 Å².